The Hall–Kier alpha value is -3.27. The van der Waals surface area contributed by atoms with Gasteiger partial charge in [0.2, 0.25) is 5.91 Å². The van der Waals surface area contributed by atoms with E-state index in [9.17, 15) is 13.6 Å². The maximum atomic E-state index is 12.7. The molecular weight excluding hydrogens is 442 g/mol. The summed E-state index contributed by atoms with van der Waals surface area (Å²) in [4.78, 5) is 19.8. The average molecular weight is 473 g/mol. The van der Waals surface area contributed by atoms with Gasteiger partial charge in [-0.3, -0.25) is 4.79 Å². The molecule has 1 amide bonds. The molecule has 0 spiro atoms. The Labute approximate surface area is 197 Å². The van der Waals surface area contributed by atoms with Gasteiger partial charge in [-0.2, -0.15) is 18.4 Å². The van der Waals surface area contributed by atoms with Gasteiger partial charge in [0.15, 0.2) is 5.65 Å². The largest absolute Gasteiger partial charge is 0.435 e. The van der Waals surface area contributed by atoms with Crippen LogP contribution in [0.1, 0.15) is 29.8 Å². The molecular formula is C24H30F2N6O2. The van der Waals surface area contributed by atoms with Crippen LogP contribution in [0.4, 0.5) is 14.6 Å². The molecule has 2 aliphatic heterocycles. The van der Waals surface area contributed by atoms with Gasteiger partial charge in [-0.25, -0.2) is 4.98 Å². The number of hydrogen-bond acceptors (Lipinski definition) is 6. The summed E-state index contributed by atoms with van der Waals surface area (Å²) in [5.41, 5.74) is 5.05. The lowest BCUT2D eigenvalue weighted by Crippen LogP contribution is -2.54. The predicted molar refractivity (Wildman–Crippen MR) is 125 cm³/mol. The first-order valence-electron chi connectivity index (χ1n) is 11.1. The van der Waals surface area contributed by atoms with Gasteiger partial charge in [-0.1, -0.05) is 19.6 Å². The van der Waals surface area contributed by atoms with Crippen LogP contribution in [-0.2, 0) is 24.2 Å². The highest BCUT2D eigenvalue weighted by Gasteiger charge is 2.36. The van der Waals surface area contributed by atoms with E-state index in [1.165, 1.54) is 17.7 Å². The molecule has 2 aromatic heterocycles. The van der Waals surface area contributed by atoms with Crippen LogP contribution in [0, 0.1) is 12.8 Å². The van der Waals surface area contributed by atoms with Crippen molar-refractivity contribution < 1.29 is 18.3 Å². The molecule has 0 atom stereocenters. The number of ether oxygens (including phenoxy) is 1. The van der Waals surface area contributed by atoms with Crippen molar-refractivity contribution in [2.45, 2.75) is 40.3 Å². The number of nitrogens with zero attached hydrogens (tertiary/aromatic N) is 4. The fourth-order valence-electron chi connectivity index (χ4n) is 4.44. The smallest absolute Gasteiger partial charge is 0.387 e. The summed E-state index contributed by atoms with van der Waals surface area (Å²) >= 11 is 0. The molecule has 0 bridgehead atoms. The third-order valence-corrected chi connectivity index (χ3v) is 6.24. The Kier molecular flexibility index (Phi) is 6.97. The summed E-state index contributed by atoms with van der Waals surface area (Å²) in [5.74, 6) is 1.01. The highest BCUT2D eigenvalue weighted by atomic mass is 19.3. The van der Waals surface area contributed by atoms with E-state index in [0.29, 0.717) is 19.6 Å². The van der Waals surface area contributed by atoms with E-state index in [1.54, 1.807) is 12.1 Å². The van der Waals surface area contributed by atoms with Crippen molar-refractivity contribution in [3.05, 3.63) is 52.8 Å². The van der Waals surface area contributed by atoms with E-state index in [2.05, 4.69) is 25.4 Å². The van der Waals surface area contributed by atoms with Crippen molar-refractivity contribution in [2.75, 3.05) is 31.1 Å². The third kappa shape index (κ3) is 4.68. The molecule has 0 saturated carbocycles. The molecule has 1 fully saturated rings. The number of nitrogens with one attached hydrogen (secondary N) is 2. The number of amides is 1. The number of carbonyl (C=O) groups is 1. The van der Waals surface area contributed by atoms with Crippen LogP contribution in [0.25, 0.3) is 5.65 Å². The molecule has 5 rings (SSSR count). The molecule has 2 aliphatic rings. The molecule has 3 aromatic rings. The third-order valence-electron chi connectivity index (χ3n) is 6.24. The molecule has 182 valence electrons. The Morgan fingerprint density at radius 1 is 1.24 bits per heavy atom. The van der Waals surface area contributed by atoms with Gasteiger partial charge in [0.05, 0.1) is 17.8 Å². The van der Waals surface area contributed by atoms with Crippen molar-refractivity contribution in [2.24, 2.45) is 5.92 Å². The summed E-state index contributed by atoms with van der Waals surface area (Å²) in [6.07, 6.45) is 3.60. The average Bonchev–Trinajstić information content (AvgIpc) is 2.97. The molecule has 2 N–H and O–H groups in total. The lowest BCUT2D eigenvalue weighted by molar-refractivity contribution is -0.125. The van der Waals surface area contributed by atoms with Gasteiger partial charge in [0, 0.05) is 43.7 Å². The number of aryl methyl sites for hydroxylation is 1. The van der Waals surface area contributed by atoms with Gasteiger partial charge in [-0.15, -0.1) is 0 Å². The van der Waals surface area contributed by atoms with Gasteiger partial charge in [0.1, 0.15) is 11.6 Å². The van der Waals surface area contributed by atoms with Crippen LogP contribution in [0.5, 0.6) is 5.75 Å². The maximum absolute atomic E-state index is 12.7. The van der Waals surface area contributed by atoms with Crippen LogP contribution in [0.2, 0.25) is 0 Å². The molecule has 0 aliphatic carbocycles. The van der Waals surface area contributed by atoms with E-state index in [0.717, 1.165) is 54.2 Å². The fraction of sp³-hybridized carbons (Fsp3) is 0.458. The van der Waals surface area contributed by atoms with Gasteiger partial charge in [-0.05, 0) is 37.6 Å². The van der Waals surface area contributed by atoms with E-state index in [-0.39, 0.29) is 25.0 Å². The maximum Gasteiger partial charge on any atom is 0.387 e. The van der Waals surface area contributed by atoms with Crippen molar-refractivity contribution in [1.29, 1.82) is 0 Å². The quantitative estimate of drug-likeness (QED) is 0.574. The molecule has 1 saturated heterocycles. The second kappa shape index (κ2) is 9.92. The standard InChI is InChI=1S/C23H26F2N6O2.CH4/c1-14-10-28-31-20(14)29-19-7-9-26-8-6-18(19)22(31)30-12-16(13-30)21(32)27-11-15-2-4-17(5-3-15)33-23(24)25;/h2-5,10,16,23,26H,6-9,11-13H2,1H3,(H,27,32);1H4. The zero-order chi connectivity index (χ0) is 22.9. The van der Waals surface area contributed by atoms with E-state index in [1.807, 2.05) is 17.6 Å². The van der Waals surface area contributed by atoms with E-state index in [4.69, 9.17) is 4.98 Å². The fourth-order valence-corrected chi connectivity index (χ4v) is 4.44. The summed E-state index contributed by atoms with van der Waals surface area (Å²) in [5, 5.41) is 10.9. The van der Waals surface area contributed by atoms with Crippen molar-refractivity contribution >= 4 is 17.4 Å². The van der Waals surface area contributed by atoms with Gasteiger partial charge >= 0.3 is 6.61 Å². The number of alkyl halides is 2. The van der Waals surface area contributed by atoms with Gasteiger partial charge < -0.3 is 20.3 Å². The van der Waals surface area contributed by atoms with Crippen LogP contribution >= 0.6 is 0 Å². The molecule has 10 heteroatoms. The Bertz CT molecular complexity index is 1160. The summed E-state index contributed by atoms with van der Waals surface area (Å²) in [6, 6.07) is 6.28. The first-order chi connectivity index (χ1) is 16.0. The number of hydrogen-bond donors (Lipinski definition) is 2. The van der Waals surface area contributed by atoms with Crippen LogP contribution in [0.3, 0.4) is 0 Å². The number of benzene rings is 1. The normalized spacial score (nSPS) is 15.9. The molecule has 1 aromatic carbocycles. The number of anilines is 1. The van der Waals surface area contributed by atoms with E-state index < -0.39 is 6.61 Å². The molecule has 4 heterocycles. The summed E-state index contributed by atoms with van der Waals surface area (Å²) in [6.45, 7) is 2.53. The molecule has 0 radical (unpaired) electrons. The first kappa shape index (κ1) is 23.9. The number of aromatic nitrogens is 3. The minimum absolute atomic E-state index is 0. The second-order valence-electron chi connectivity index (χ2n) is 8.52. The zero-order valence-corrected chi connectivity index (χ0v) is 18.4. The van der Waals surface area contributed by atoms with Crippen LogP contribution < -0.4 is 20.3 Å². The summed E-state index contributed by atoms with van der Waals surface area (Å²) < 4.78 is 30.8. The highest BCUT2D eigenvalue weighted by molar-refractivity contribution is 5.82. The lowest BCUT2D eigenvalue weighted by Gasteiger charge is -2.41. The Morgan fingerprint density at radius 3 is 2.71 bits per heavy atom. The topological polar surface area (TPSA) is 83.8 Å². The predicted octanol–water partition coefficient (Wildman–Crippen LogP) is 2.72. The van der Waals surface area contributed by atoms with Crippen LogP contribution in [-0.4, -0.2) is 53.3 Å². The molecule has 34 heavy (non-hydrogen) atoms. The van der Waals surface area contributed by atoms with Crippen molar-refractivity contribution in [3.63, 3.8) is 0 Å². The second-order valence-corrected chi connectivity index (χ2v) is 8.52. The lowest BCUT2D eigenvalue weighted by atomic mass is 9.97. The Morgan fingerprint density at radius 2 is 1.97 bits per heavy atom. The van der Waals surface area contributed by atoms with Gasteiger partial charge in [0.25, 0.3) is 0 Å². The number of rotatable bonds is 6. The van der Waals surface area contributed by atoms with Crippen LogP contribution in [0.15, 0.2) is 30.5 Å². The zero-order valence-electron chi connectivity index (χ0n) is 18.4. The van der Waals surface area contributed by atoms with Crippen molar-refractivity contribution in [1.82, 2.24) is 25.2 Å². The van der Waals surface area contributed by atoms with E-state index >= 15 is 0 Å². The van der Waals surface area contributed by atoms with Crippen molar-refractivity contribution in [3.8, 4) is 5.75 Å². The minimum Gasteiger partial charge on any atom is -0.435 e. The molecule has 8 nitrogen and oxygen atoms in total. The number of carbonyl (C=O) groups excluding carboxylic acids is 1. The number of fused-ring (bicyclic) bond motifs is 2. The monoisotopic (exact) mass is 472 g/mol. The first-order valence-corrected chi connectivity index (χ1v) is 11.1. The number of halogens is 2. The molecule has 0 unspecified atom stereocenters. The highest BCUT2D eigenvalue weighted by Crippen LogP contribution is 2.32. The SMILES string of the molecule is C.Cc1cnn2c(N3CC(C(=O)NCc4ccc(OC(F)F)cc4)C3)c3c(nc12)CCNCC3. The Balaban J connectivity index is 0.00000274. The summed E-state index contributed by atoms with van der Waals surface area (Å²) in [7, 11) is 0. The minimum atomic E-state index is -2.85.